The van der Waals surface area contributed by atoms with Gasteiger partial charge in [-0.3, -0.25) is 4.79 Å². The average Bonchev–Trinajstić information content (AvgIpc) is 2.81. The van der Waals surface area contributed by atoms with Gasteiger partial charge < -0.3 is 0 Å². The molecule has 0 saturated heterocycles. The lowest BCUT2D eigenvalue weighted by Gasteiger charge is -1.90. The number of azo groups is 1. The summed E-state index contributed by atoms with van der Waals surface area (Å²) in [5.74, 6) is -0.269. The zero-order valence-electron chi connectivity index (χ0n) is 8.32. The number of aromatic nitrogens is 2. The first kappa shape index (κ1) is 10.1. The highest BCUT2D eigenvalue weighted by atomic mass is 16.1. The van der Waals surface area contributed by atoms with Crippen LogP contribution in [0.2, 0.25) is 0 Å². The molecule has 1 aliphatic rings. The smallest absolute Gasteiger partial charge is 0.266 e. The van der Waals surface area contributed by atoms with Gasteiger partial charge in [-0.15, -0.1) is 5.11 Å². The molecule has 0 aliphatic carbocycles. The Morgan fingerprint density at radius 1 is 1.06 bits per heavy atom. The number of hydrogen-bond acceptors (Lipinski definition) is 4. The second-order valence-electron chi connectivity index (χ2n) is 2.96. The van der Waals surface area contributed by atoms with E-state index in [9.17, 15) is 4.79 Å². The molecular weight excluding hydrogens is 204 g/mol. The summed E-state index contributed by atoms with van der Waals surface area (Å²) in [4.78, 5) is 9.90. The van der Waals surface area contributed by atoms with Crippen LogP contribution in [0.1, 0.15) is 0 Å². The van der Waals surface area contributed by atoms with Crippen LogP contribution in [0.5, 0.6) is 0 Å². The van der Waals surface area contributed by atoms with E-state index in [-0.39, 0.29) is 5.91 Å². The molecule has 0 unspecified atom stereocenters. The van der Waals surface area contributed by atoms with Crippen molar-refractivity contribution >= 4 is 16.8 Å². The van der Waals surface area contributed by atoms with Crippen molar-refractivity contribution in [3.63, 3.8) is 0 Å². The number of amides is 1. The predicted octanol–water partition coefficient (Wildman–Crippen LogP) is 2.12. The minimum absolute atomic E-state index is 0.269. The molecule has 16 heavy (non-hydrogen) atoms. The van der Waals surface area contributed by atoms with Crippen LogP contribution >= 0.6 is 0 Å². The molecule has 78 valence electrons. The molecule has 0 bridgehead atoms. The van der Waals surface area contributed by atoms with E-state index in [0.29, 0.717) is 0 Å². The Kier molecular flexibility index (Phi) is 3.08. The van der Waals surface area contributed by atoms with Crippen molar-refractivity contribution in [2.24, 2.45) is 10.2 Å². The van der Waals surface area contributed by atoms with E-state index in [2.05, 4.69) is 20.4 Å². The minimum atomic E-state index is -0.269. The largest absolute Gasteiger partial charge is 0.289 e. The molecule has 1 aromatic heterocycles. The van der Waals surface area contributed by atoms with E-state index < -0.39 is 0 Å². The zero-order valence-corrected chi connectivity index (χ0v) is 8.32. The third-order valence-corrected chi connectivity index (χ3v) is 1.86. The fourth-order valence-corrected chi connectivity index (χ4v) is 1.15. The van der Waals surface area contributed by atoms with Crippen molar-refractivity contribution in [2.75, 3.05) is 0 Å². The molecule has 0 fully saturated rings. The van der Waals surface area contributed by atoms with Crippen LogP contribution in [0, 0.1) is 0 Å². The Hall–Kier alpha value is -2.43. The number of nitrogens with zero attached hydrogens (tertiary/aromatic N) is 4. The van der Waals surface area contributed by atoms with E-state index in [1.165, 1.54) is 12.3 Å². The van der Waals surface area contributed by atoms with E-state index in [4.69, 9.17) is 0 Å². The summed E-state index contributed by atoms with van der Waals surface area (Å²) in [6.45, 7) is 0. The molecule has 0 N–H and O–H groups in total. The van der Waals surface area contributed by atoms with Gasteiger partial charge in [0, 0.05) is 11.5 Å². The standard InChI is InChI=1S/C8H6N2.C3H2N2O/c1-2-4-8-7(3-1)5-6-9-10-8;6-3-1-2-4-5-3/h1-6H;1-2H. The van der Waals surface area contributed by atoms with Gasteiger partial charge in [0.15, 0.2) is 0 Å². The summed E-state index contributed by atoms with van der Waals surface area (Å²) in [5, 5.41) is 15.2. The Morgan fingerprint density at radius 2 is 1.94 bits per heavy atom. The van der Waals surface area contributed by atoms with Gasteiger partial charge in [-0.05, 0) is 12.1 Å². The van der Waals surface area contributed by atoms with Crippen LogP contribution in [-0.4, -0.2) is 16.1 Å². The van der Waals surface area contributed by atoms with Crippen molar-refractivity contribution < 1.29 is 4.79 Å². The van der Waals surface area contributed by atoms with Gasteiger partial charge in [0.25, 0.3) is 5.91 Å². The molecule has 2 aromatic rings. The third kappa shape index (κ3) is 2.54. The van der Waals surface area contributed by atoms with Crippen LogP contribution in [-0.2, 0) is 4.79 Å². The Morgan fingerprint density at radius 3 is 2.56 bits per heavy atom. The van der Waals surface area contributed by atoms with E-state index in [0.717, 1.165) is 10.9 Å². The summed E-state index contributed by atoms with van der Waals surface area (Å²) < 4.78 is 0. The monoisotopic (exact) mass is 212 g/mol. The predicted molar refractivity (Wildman–Crippen MR) is 58.5 cm³/mol. The van der Waals surface area contributed by atoms with Gasteiger partial charge in [0.1, 0.15) is 0 Å². The second-order valence-corrected chi connectivity index (χ2v) is 2.96. The van der Waals surface area contributed by atoms with Gasteiger partial charge in [0.2, 0.25) is 0 Å². The second kappa shape index (κ2) is 4.88. The number of carbonyl (C=O) groups is 1. The van der Waals surface area contributed by atoms with E-state index in [1.807, 2.05) is 30.3 Å². The van der Waals surface area contributed by atoms with Crippen molar-refractivity contribution in [1.82, 2.24) is 10.2 Å². The van der Waals surface area contributed by atoms with Crippen molar-refractivity contribution in [1.29, 1.82) is 0 Å². The SMILES string of the molecule is O=C1C=CN=N1.c1ccc2nnccc2c1. The maximum Gasteiger partial charge on any atom is 0.289 e. The summed E-state index contributed by atoms with van der Waals surface area (Å²) in [7, 11) is 0. The molecular formula is C11H8N4O. The van der Waals surface area contributed by atoms with Gasteiger partial charge in [-0.2, -0.15) is 15.3 Å². The number of benzene rings is 1. The maximum absolute atomic E-state index is 9.90. The first-order chi connectivity index (χ1) is 7.86. The molecule has 3 rings (SSSR count). The van der Waals surface area contributed by atoms with Gasteiger partial charge in [0.05, 0.1) is 17.9 Å². The van der Waals surface area contributed by atoms with Crippen molar-refractivity contribution in [3.8, 4) is 0 Å². The first-order valence-corrected chi connectivity index (χ1v) is 4.64. The highest BCUT2D eigenvalue weighted by Gasteiger charge is 1.92. The molecule has 1 amide bonds. The summed E-state index contributed by atoms with van der Waals surface area (Å²) in [6, 6.07) is 9.86. The molecule has 0 spiro atoms. The normalized spacial score (nSPS) is 12.6. The lowest BCUT2D eigenvalue weighted by atomic mass is 10.2. The molecule has 0 saturated carbocycles. The fraction of sp³-hybridized carbons (Fsp3) is 0. The lowest BCUT2D eigenvalue weighted by molar-refractivity contribution is -0.113. The van der Waals surface area contributed by atoms with E-state index >= 15 is 0 Å². The van der Waals surface area contributed by atoms with Crippen LogP contribution < -0.4 is 0 Å². The van der Waals surface area contributed by atoms with Crippen LogP contribution in [0.3, 0.4) is 0 Å². The molecule has 2 heterocycles. The number of fused-ring (bicyclic) bond motifs is 1. The first-order valence-electron chi connectivity index (χ1n) is 4.64. The number of rotatable bonds is 0. The fourth-order valence-electron chi connectivity index (χ4n) is 1.15. The Labute approximate surface area is 91.5 Å². The number of carbonyl (C=O) groups excluding carboxylic acids is 1. The Bertz CT molecular complexity index is 483. The van der Waals surface area contributed by atoms with Gasteiger partial charge in [-0.1, -0.05) is 18.2 Å². The van der Waals surface area contributed by atoms with E-state index in [1.54, 1.807) is 6.20 Å². The van der Waals surface area contributed by atoms with Crippen LogP contribution in [0.4, 0.5) is 0 Å². The highest BCUT2D eigenvalue weighted by Crippen LogP contribution is 2.06. The van der Waals surface area contributed by atoms with Crippen molar-refractivity contribution in [3.05, 3.63) is 48.8 Å². The molecule has 0 radical (unpaired) electrons. The van der Waals surface area contributed by atoms with Crippen LogP contribution in [0.25, 0.3) is 10.9 Å². The number of hydrogen-bond donors (Lipinski definition) is 0. The Balaban J connectivity index is 0.000000138. The van der Waals surface area contributed by atoms with Gasteiger partial charge in [-0.25, -0.2) is 0 Å². The third-order valence-electron chi connectivity index (χ3n) is 1.86. The molecule has 1 aromatic carbocycles. The zero-order chi connectivity index (χ0) is 11.2. The lowest BCUT2D eigenvalue weighted by Crippen LogP contribution is -1.79. The quantitative estimate of drug-likeness (QED) is 0.671. The summed E-state index contributed by atoms with van der Waals surface area (Å²) in [6.07, 6.45) is 4.37. The topological polar surface area (TPSA) is 67.6 Å². The summed E-state index contributed by atoms with van der Waals surface area (Å²) >= 11 is 0. The highest BCUT2D eigenvalue weighted by molar-refractivity contribution is 5.89. The molecule has 0 atom stereocenters. The van der Waals surface area contributed by atoms with Crippen LogP contribution in [0.15, 0.2) is 59.0 Å². The molecule has 5 heteroatoms. The van der Waals surface area contributed by atoms with Crippen molar-refractivity contribution in [2.45, 2.75) is 0 Å². The summed E-state index contributed by atoms with van der Waals surface area (Å²) in [5.41, 5.74) is 0.949. The average molecular weight is 212 g/mol. The maximum atomic E-state index is 9.90. The molecule has 1 aliphatic heterocycles. The minimum Gasteiger partial charge on any atom is -0.266 e. The van der Waals surface area contributed by atoms with Gasteiger partial charge >= 0.3 is 0 Å². The molecule has 5 nitrogen and oxygen atoms in total.